The topological polar surface area (TPSA) is 29.3 Å². The molecule has 1 heterocycles. The lowest BCUT2D eigenvalue weighted by atomic mass is 9.83. The van der Waals surface area contributed by atoms with Crippen LogP contribution in [0, 0.1) is 5.82 Å². The summed E-state index contributed by atoms with van der Waals surface area (Å²) in [5.41, 5.74) is 10.2. The van der Waals surface area contributed by atoms with Crippen LogP contribution >= 0.6 is 0 Å². The number of halogens is 1. The summed E-state index contributed by atoms with van der Waals surface area (Å²) < 4.78 is 13.4. The van der Waals surface area contributed by atoms with Crippen LogP contribution in [0.2, 0.25) is 0 Å². The van der Waals surface area contributed by atoms with Gasteiger partial charge in [0.15, 0.2) is 0 Å². The highest BCUT2D eigenvalue weighted by atomic mass is 19.1. The monoisotopic (exact) mass is 340 g/mol. The highest BCUT2D eigenvalue weighted by Gasteiger charge is 2.26. The minimum atomic E-state index is -0.173. The van der Waals surface area contributed by atoms with Crippen molar-refractivity contribution < 1.29 is 4.39 Å². The maximum Gasteiger partial charge on any atom is 0.123 e. The molecule has 2 unspecified atom stereocenters. The van der Waals surface area contributed by atoms with Crippen LogP contribution in [0.15, 0.2) is 48.5 Å². The SMILES string of the molecule is CC(C)(C)c1ccc(C2CC(N)CN(Cc3cccc(F)c3)C2)cc1. The molecule has 0 bridgehead atoms. The van der Waals surface area contributed by atoms with E-state index >= 15 is 0 Å². The van der Waals surface area contributed by atoms with Crippen molar-refractivity contribution in [1.29, 1.82) is 0 Å². The summed E-state index contributed by atoms with van der Waals surface area (Å²) in [5.74, 6) is 0.263. The molecule has 0 aliphatic carbocycles. The van der Waals surface area contributed by atoms with Crippen molar-refractivity contribution in [2.24, 2.45) is 5.73 Å². The average Bonchev–Trinajstić information content (AvgIpc) is 2.53. The second kappa shape index (κ2) is 7.27. The molecule has 0 aromatic heterocycles. The van der Waals surface area contributed by atoms with Gasteiger partial charge in [0.2, 0.25) is 0 Å². The van der Waals surface area contributed by atoms with Gasteiger partial charge < -0.3 is 5.73 Å². The summed E-state index contributed by atoms with van der Waals surface area (Å²) in [4.78, 5) is 2.35. The van der Waals surface area contributed by atoms with Gasteiger partial charge in [0, 0.05) is 25.7 Å². The number of hydrogen-bond acceptors (Lipinski definition) is 2. The quantitative estimate of drug-likeness (QED) is 0.895. The molecule has 2 nitrogen and oxygen atoms in total. The van der Waals surface area contributed by atoms with Gasteiger partial charge >= 0.3 is 0 Å². The molecule has 0 saturated carbocycles. The zero-order valence-corrected chi connectivity index (χ0v) is 15.5. The molecule has 25 heavy (non-hydrogen) atoms. The second-order valence-electron chi connectivity index (χ2n) is 8.39. The number of piperidine rings is 1. The van der Waals surface area contributed by atoms with Gasteiger partial charge in [-0.2, -0.15) is 0 Å². The fraction of sp³-hybridized carbons (Fsp3) is 0.455. The standard InChI is InChI=1S/C22H29FN2/c1-22(2,3)19-9-7-17(8-10-19)18-12-21(24)15-25(14-18)13-16-5-4-6-20(23)11-16/h4-11,18,21H,12-15,24H2,1-3H3. The third-order valence-electron chi connectivity index (χ3n) is 5.10. The molecule has 0 amide bonds. The lowest BCUT2D eigenvalue weighted by Gasteiger charge is -2.36. The zero-order valence-electron chi connectivity index (χ0n) is 15.5. The molecule has 1 saturated heterocycles. The molecule has 2 aromatic carbocycles. The molecule has 1 aliphatic rings. The van der Waals surface area contributed by atoms with Gasteiger partial charge in [-0.05, 0) is 46.6 Å². The van der Waals surface area contributed by atoms with E-state index in [1.54, 1.807) is 12.1 Å². The first-order valence-electron chi connectivity index (χ1n) is 9.14. The molecule has 134 valence electrons. The van der Waals surface area contributed by atoms with E-state index in [1.807, 2.05) is 6.07 Å². The van der Waals surface area contributed by atoms with Crippen LogP contribution in [0.3, 0.4) is 0 Å². The highest BCUT2D eigenvalue weighted by molar-refractivity contribution is 5.30. The third kappa shape index (κ3) is 4.68. The van der Waals surface area contributed by atoms with Crippen LogP contribution in [0.1, 0.15) is 49.8 Å². The molecular formula is C22H29FN2. The van der Waals surface area contributed by atoms with Gasteiger partial charge in [0.05, 0.1) is 0 Å². The first kappa shape index (κ1) is 18.1. The summed E-state index contributed by atoms with van der Waals surface area (Å²) in [6.45, 7) is 9.30. The molecule has 2 atom stereocenters. The van der Waals surface area contributed by atoms with E-state index in [4.69, 9.17) is 5.73 Å². The van der Waals surface area contributed by atoms with Crippen LogP contribution in [0.4, 0.5) is 4.39 Å². The molecule has 2 aromatic rings. The van der Waals surface area contributed by atoms with Crippen LogP contribution < -0.4 is 5.73 Å². The summed E-state index contributed by atoms with van der Waals surface area (Å²) in [6, 6.07) is 16.0. The van der Waals surface area contributed by atoms with Crippen molar-refractivity contribution in [2.45, 2.75) is 51.1 Å². The van der Waals surface area contributed by atoms with Gasteiger partial charge in [-0.25, -0.2) is 4.39 Å². The minimum Gasteiger partial charge on any atom is -0.327 e. The number of nitrogens with two attached hydrogens (primary N) is 1. The summed E-state index contributed by atoms with van der Waals surface area (Å²) in [5, 5.41) is 0. The van der Waals surface area contributed by atoms with Crippen LogP contribution in [-0.2, 0) is 12.0 Å². The Hall–Kier alpha value is -1.71. The fourth-order valence-corrected chi connectivity index (χ4v) is 3.75. The van der Waals surface area contributed by atoms with E-state index in [-0.39, 0.29) is 17.3 Å². The van der Waals surface area contributed by atoms with Gasteiger partial charge in [-0.1, -0.05) is 57.2 Å². The van der Waals surface area contributed by atoms with Crippen molar-refractivity contribution in [3.05, 3.63) is 71.0 Å². The van der Waals surface area contributed by atoms with Crippen molar-refractivity contribution >= 4 is 0 Å². The maximum atomic E-state index is 13.4. The van der Waals surface area contributed by atoms with E-state index < -0.39 is 0 Å². The fourth-order valence-electron chi connectivity index (χ4n) is 3.75. The molecule has 0 radical (unpaired) electrons. The number of hydrogen-bond donors (Lipinski definition) is 1. The zero-order chi connectivity index (χ0) is 18.0. The summed E-state index contributed by atoms with van der Waals surface area (Å²) >= 11 is 0. The van der Waals surface area contributed by atoms with Gasteiger partial charge in [-0.3, -0.25) is 4.90 Å². The van der Waals surface area contributed by atoms with Gasteiger partial charge in [0.1, 0.15) is 5.82 Å². The Balaban J connectivity index is 1.72. The lowest BCUT2D eigenvalue weighted by molar-refractivity contribution is 0.181. The molecule has 3 rings (SSSR count). The van der Waals surface area contributed by atoms with Crippen LogP contribution in [0.25, 0.3) is 0 Å². The smallest absolute Gasteiger partial charge is 0.123 e. The van der Waals surface area contributed by atoms with Crippen molar-refractivity contribution in [3.63, 3.8) is 0 Å². The lowest BCUT2D eigenvalue weighted by Crippen LogP contribution is -2.45. The Labute approximate surface area is 150 Å². The van der Waals surface area contributed by atoms with E-state index in [1.165, 1.54) is 17.2 Å². The Morgan fingerprint density at radius 1 is 1.08 bits per heavy atom. The second-order valence-corrected chi connectivity index (χ2v) is 8.39. The Bertz CT molecular complexity index is 703. The third-order valence-corrected chi connectivity index (χ3v) is 5.10. The minimum absolute atomic E-state index is 0.162. The average molecular weight is 340 g/mol. The Morgan fingerprint density at radius 2 is 1.80 bits per heavy atom. The predicted molar refractivity (Wildman–Crippen MR) is 102 cm³/mol. The molecule has 1 fully saturated rings. The highest BCUT2D eigenvalue weighted by Crippen LogP contribution is 2.30. The van der Waals surface area contributed by atoms with E-state index in [0.717, 1.165) is 31.6 Å². The van der Waals surface area contributed by atoms with Crippen molar-refractivity contribution in [3.8, 4) is 0 Å². The van der Waals surface area contributed by atoms with E-state index in [0.29, 0.717) is 5.92 Å². The molecule has 2 N–H and O–H groups in total. The van der Waals surface area contributed by atoms with Gasteiger partial charge in [-0.15, -0.1) is 0 Å². The number of likely N-dealkylation sites (tertiary alicyclic amines) is 1. The van der Waals surface area contributed by atoms with Crippen LogP contribution in [-0.4, -0.2) is 24.0 Å². The summed E-state index contributed by atoms with van der Waals surface area (Å²) in [7, 11) is 0. The largest absolute Gasteiger partial charge is 0.327 e. The van der Waals surface area contributed by atoms with Crippen molar-refractivity contribution in [2.75, 3.05) is 13.1 Å². The van der Waals surface area contributed by atoms with E-state index in [9.17, 15) is 4.39 Å². The Kier molecular flexibility index (Phi) is 5.26. The molecule has 3 heteroatoms. The maximum absolute atomic E-state index is 13.4. The molecular weight excluding hydrogens is 311 g/mol. The van der Waals surface area contributed by atoms with Crippen LogP contribution in [0.5, 0.6) is 0 Å². The molecule has 1 aliphatic heterocycles. The first-order chi connectivity index (χ1) is 11.8. The molecule has 0 spiro atoms. The van der Waals surface area contributed by atoms with E-state index in [2.05, 4.69) is 49.9 Å². The van der Waals surface area contributed by atoms with Crippen molar-refractivity contribution in [1.82, 2.24) is 4.90 Å². The predicted octanol–water partition coefficient (Wildman–Crippen LogP) is 4.44. The summed E-state index contributed by atoms with van der Waals surface area (Å²) in [6.07, 6.45) is 1.01. The number of benzene rings is 2. The normalized spacial score (nSPS) is 22.1. The number of nitrogens with zero attached hydrogens (tertiary/aromatic N) is 1. The number of rotatable bonds is 3. The first-order valence-corrected chi connectivity index (χ1v) is 9.14. The van der Waals surface area contributed by atoms with Gasteiger partial charge in [0.25, 0.3) is 0 Å². The Morgan fingerprint density at radius 3 is 2.44 bits per heavy atom.